The summed E-state index contributed by atoms with van der Waals surface area (Å²) in [5, 5.41) is 18.1. The van der Waals surface area contributed by atoms with Crippen LogP contribution in [0.1, 0.15) is 42.7 Å². The number of ether oxygens (including phenoxy) is 1. The van der Waals surface area contributed by atoms with Gasteiger partial charge in [-0.05, 0) is 116 Å². The average Bonchev–Trinajstić information content (AvgIpc) is 3.72. The number of carbonyl (C=O) groups is 3. The molecule has 5 heterocycles. The first kappa shape index (κ1) is 44.9. The molecule has 3 aliphatic rings. The highest BCUT2D eigenvalue weighted by molar-refractivity contribution is 9.10. The van der Waals surface area contributed by atoms with Gasteiger partial charge in [-0.3, -0.25) is 29.3 Å². The highest BCUT2D eigenvalue weighted by Gasteiger charge is 2.30. The van der Waals surface area contributed by atoms with Crippen LogP contribution < -0.4 is 36.2 Å². The lowest BCUT2D eigenvalue weighted by Gasteiger charge is -2.39. The first-order valence-corrected chi connectivity index (χ1v) is 24.5. The van der Waals surface area contributed by atoms with Crippen molar-refractivity contribution >= 4 is 81.4 Å². The third kappa shape index (κ3) is 10.3. The van der Waals surface area contributed by atoms with Crippen molar-refractivity contribution in [2.45, 2.75) is 44.6 Å². The third-order valence-corrected chi connectivity index (χ3v) is 14.1. The Morgan fingerprint density at radius 2 is 1.75 bits per heavy atom. The summed E-state index contributed by atoms with van der Waals surface area (Å²) in [7, 11) is 3.18. The largest absolute Gasteiger partial charge is 0.494 e. The second-order valence-corrected chi connectivity index (χ2v) is 20.0. The molecule has 3 saturated heterocycles. The van der Waals surface area contributed by atoms with Crippen molar-refractivity contribution < 1.29 is 23.5 Å². The maximum absolute atomic E-state index is 15.4. The van der Waals surface area contributed by atoms with Gasteiger partial charge < -0.3 is 30.5 Å². The van der Waals surface area contributed by atoms with Crippen molar-refractivity contribution in [2.75, 3.05) is 87.1 Å². The Labute approximate surface area is 382 Å². The molecular formula is C46H54BrFN11O4P. The lowest BCUT2D eigenvalue weighted by atomic mass is 9.89. The molecule has 0 radical (unpaired) electrons. The molecule has 0 aliphatic carbocycles. The molecule has 64 heavy (non-hydrogen) atoms. The number of carbonyl (C=O) groups excluding carboxylic acids is 3. The minimum absolute atomic E-state index is 0.0340. The van der Waals surface area contributed by atoms with Crippen LogP contribution in [0.3, 0.4) is 0 Å². The van der Waals surface area contributed by atoms with Gasteiger partial charge in [-0.2, -0.15) is 10.1 Å². The Hall–Kier alpha value is -5.64. The molecule has 3 fully saturated rings. The van der Waals surface area contributed by atoms with Crippen LogP contribution >= 0.6 is 23.9 Å². The monoisotopic (exact) mass is 953 g/mol. The zero-order valence-electron chi connectivity index (χ0n) is 36.8. The highest BCUT2D eigenvalue weighted by atomic mass is 79.9. The molecular weight excluding hydrogens is 900 g/mol. The van der Waals surface area contributed by atoms with Gasteiger partial charge in [0, 0.05) is 86.3 Å². The van der Waals surface area contributed by atoms with E-state index in [2.05, 4.69) is 95.5 Å². The summed E-state index contributed by atoms with van der Waals surface area (Å²) in [6.07, 6.45) is 7.65. The number of likely N-dealkylation sites (tertiary alicyclic amines) is 1. The van der Waals surface area contributed by atoms with Crippen LogP contribution in [-0.4, -0.2) is 120 Å². The van der Waals surface area contributed by atoms with Crippen molar-refractivity contribution in [1.82, 2.24) is 34.9 Å². The number of aromatic nitrogens is 4. The number of nitrogens with zero attached hydrogens (tertiary/aromatic N) is 7. The Balaban J connectivity index is 0.898. The topological polar surface area (TPSA) is 162 Å². The van der Waals surface area contributed by atoms with E-state index in [1.165, 1.54) is 16.9 Å². The SMILES string of the molecule is COc1cc(N2CCN(C(=O)CN3CCC(c4ccc(NC5CCC(=O)NC5=O)cc4F)CC3)CC2)c(-c2cnn(C)c2)cc1Nc1ncc(Br)c(Nc2ccc(C)cc2P(C)C)n1. The fraction of sp³-hybridized carbons (Fsp3) is 0.391. The van der Waals surface area contributed by atoms with Crippen molar-refractivity contribution in [3.8, 4) is 16.9 Å². The zero-order valence-corrected chi connectivity index (χ0v) is 39.2. The number of amides is 3. The summed E-state index contributed by atoms with van der Waals surface area (Å²) in [5.74, 6) is 0.776. The summed E-state index contributed by atoms with van der Waals surface area (Å²) >= 11 is 3.64. The normalized spacial score (nSPS) is 17.4. The molecule has 1 unspecified atom stereocenters. The molecule has 15 nitrogen and oxygen atoms in total. The highest BCUT2D eigenvalue weighted by Crippen LogP contribution is 2.41. The van der Waals surface area contributed by atoms with Crippen molar-refractivity contribution in [3.05, 3.63) is 88.5 Å². The number of rotatable bonds is 13. The van der Waals surface area contributed by atoms with E-state index in [4.69, 9.17) is 9.72 Å². The Kier molecular flexibility index (Phi) is 13.8. The molecule has 1 atom stereocenters. The van der Waals surface area contributed by atoms with Gasteiger partial charge in [-0.25, -0.2) is 9.37 Å². The molecule has 4 N–H and O–H groups in total. The third-order valence-electron chi connectivity index (χ3n) is 12.2. The molecule has 0 saturated carbocycles. The second kappa shape index (κ2) is 19.6. The predicted octanol–water partition coefficient (Wildman–Crippen LogP) is 6.70. The lowest BCUT2D eigenvalue weighted by Crippen LogP contribution is -2.52. The number of imide groups is 1. The summed E-state index contributed by atoms with van der Waals surface area (Å²) in [5.41, 5.74) is 6.93. The van der Waals surface area contributed by atoms with Gasteiger partial charge >= 0.3 is 0 Å². The molecule has 0 bridgehead atoms. The summed E-state index contributed by atoms with van der Waals surface area (Å²) in [4.78, 5) is 53.2. The predicted molar refractivity (Wildman–Crippen MR) is 254 cm³/mol. The maximum Gasteiger partial charge on any atom is 0.249 e. The van der Waals surface area contributed by atoms with Gasteiger partial charge in [0.2, 0.25) is 23.7 Å². The fourth-order valence-corrected chi connectivity index (χ4v) is 10.0. The molecule has 3 aliphatic heterocycles. The number of halogens is 2. The summed E-state index contributed by atoms with van der Waals surface area (Å²) < 4.78 is 23.8. The molecule has 3 amide bonds. The number of nitrogens with one attached hydrogen (secondary N) is 4. The van der Waals surface area contributed by atoms with E-state index in [-0.39, 0.29) is 37.9 Å². The van der Waals surface area contributed by atoms with E-state index >= 15 is 4.39 Å². The Bertz CT molecular complexity index is 2540. The van der Waals surface area contributed by atoms with Crippen LogP contribution in [0.5, 0.6) is 5.75 Å². The lowest BCUT2D eigenvalue weighted by molar-refractivity contribution is -0.134. The van der Waals surface area contributed by atoms with E-state index in [1.54, 1.807) is 30.1 Å². The quantitative estimate of drug-likeness (QED) is 0.0732. The van der Waals surface area contributed by atoms with E-state index in [0.29, 0.717) is 86.7 Å². The first-order valence-electron chi connectivity index (χ1n) is 21.5. The molecule has 5 aromatic rings. The van der Waals surface area contributed by atoms with Gasteiger partial charge in [0.25, 0.3) is 0 Å². The first-order chi connectivity index (χ1) is 30.8. The van der Waals surface area contributed by atoms with Crippen LogP contribution in [0.4, 0.5) is 38.9 Å². The minimum Gasteiger partial charge on any atom is -0.494 e. The standard InChI is InChI=1S/C46H54BrFN11O4P/c1-28-6-9-36(41(20-28)64(4)5)52-44-34(47)25-49-46(55-44)53-38-22-33(30-24-50-56(2)26-30)39(23-40(38)63-3)58-16-18-59(19-17-58)43(61)27-57-14-12-29(13-15-57)32-8-7-31(21-35(32)48)51-37-10-11-42(60)54-45(37)62/h6-9,20-26,29,37,51H,10-19,27H2,1-5H3,(H,54,60,62)(H2,49,52,53,55). The van der Waals surface area contributed by atoms with Gasteiger partial charge in [-0.1, -0.05) is 25.6 Å². The van der Waals surface area contributed by atoms with Gasteiger partial charge in [-0.15, -0.1) is 0 Å². The molecule has 336 valence electrons. The van der Waals surface area contributed by atoms with Crippen LogP contribution in [0, 0.1) is 12.7 Å². The summed E-state index contributed by atoms with van der Waals surface area (Å²) in [6, 6.07) is 14.9. The van der Waals surface area contributed by atoms with Crippen LogP contribution in [0.25, 0.3) is 11.1 Å². The van der Waals surface area contributed by atoms with Crippen LogP contribution in [0.2, 0.25) is 0 Å². The van der Waals surface area contributed by atoms with Crippen LogP contribution in [-0.2, 0) is 21.4 Å². The summed E-state index contributed by atoms with van der Waals surface area (Å²) in [6.45, 7) is 10.7. The minimum atomic E-state index is -0.574. The number of benzene rings is 3. The van der Waals surface area contributed by atoms with Crippen molar-refractivity contribution in [3.63, 3.8) is 0 Å². The van der Waals surface area contributed by atoms with E-state index in [1.807, 2.05) is 36.5 Å². The fourth-order valence-electron chi connectivity index (χ4n) is 8.64. The molecule has 2 aromatic heterocycles. The van der Waals surface area contributed by atoms with Crippen molar-refractivity contribution in [2.24, 2.45) is 7.05 Å². The molecule has 8 rings (SSSR count). The molecule has 3 aromatic carbocycles. The van der Waals surface area contributed by atoms with E-state index in [0.717, 1.165) is 39.8 Å². The van der Waals surface area contributed by atoms with Gasteiger partial charge in [0.1, 0.15) is 23.4 Å². The average molecular weight is 955 g/mol. The number of hydrogen-bond donors (Lipinski definition) is 4. The Morgan fingerprint density at radius 1 is 0.969 bits per heavy atom. The van der Waals surface area contributed by atoms with Gasteiger partial charge in [0.05, 0.1) is 30.0 Å². The van der Waals surface area contributed by atoms with Crippen molar-refractivity contribution in [1.29, 1.82) is 0 Å². The number of hydrogen-bond acceptors (Lipinski definition) is 12. The number of methoxy groups -OCH3 is 1. The van der Waals surface area contributed by atoms with Crippen LogP contribution in [0.15, 0.2) is 71.6 Å². The second-order valence-electron chi connectivity index (χ2n) is 16.8. The number of anilines is 6. The molecule has 0 spiro atoms. The van der Waals surface area contributed by atoms with Gasteiger partial charge in [0.15, 0.2) is 0 Å². The number of piperazine rings is 1. The zero-order chi connectivity index (χ0) is 45.1. The number of piperidine rings is 2. The maximum atomic E-state index is 15.4. The van der Waals surface area contributed by atoms with E-state index in [9.17, 15) is 14.4 Å². The Morgan fingerprint density at radius 3 is 2.44 bits per heavy atom. The molecule has 18 heteroatoms. The number of aryl methyl sites for hydroxylation is 2. The van der Waals surface area contributed by atoms with E-state index < -0.39 is 11.9 Å². The smallest absolute Gasteiger partial charge is 0.249 e.